The third kappa shape index (κ3) is 3.25. The quantitative estimate of drug-likeness (QED) is 0.843. The Labute approximate surface area is 119 Å². The Hall–Kier alpha value is -2.13. The normalized spacial score (nSPS) is 11.2. The maximum atomic E-state index is 12.2. The first-order valence-corrected chi connectivity index (χ1v) is 6.61. The van der Waals surface area contributed by atoms with Crippen molar-refractivity contribution in [1.29, 1.82) is 0 Å². The van der Waals surface area contributed by atoms with Crippen molar-refractivity contribution in [2.75, 3.05) is 6.54 Å². The lowest BCUT2D eigenvalue weighted by atomic mass is 9.84. The first kappa shape index (κ1) is 14.3. The smallest absolute Gasteiger partial charge is 0.169 e. The molecule has 0 fully saturated rings. The summed E-state index contributed by atoms with van der Waals surface area (Å²) in [6, 6.07) is 16.7. The zero-order chi connectivity index (χ0) is 14.6. The summed E-state index contributed by atoms with van der Waals surface area (Å²) in [5.74, 6) is 1.53. The minimum Gasteiger partial charge on any atom is -0.457 e. The summed E-state index contributed by atoms with van der Waals surface area (Å²) >= 11 is 0. The van der Waals surface area contributed by atoms with Crippen LogP contribution in [0.3, 0.4) is 0 Å². The van der Waals surface area contributed by atoms with Gasteiger partial charge >= 0.3 is 0 Å². The van der Waals surface area contributed by atoms with Crippen molar-refractivity contribution in [2.24, 2.45) is 11.1 Å². The number of hydrogen-bond acceptors (Lipinski definition) is 3. The average molecular weight is 269 g/mol. The van der Waals surface area contributed by atoms with E-state index in [1.807, 2.05) is 44.2 Å². The molecule has 0 atom stereocenters. The summed E-state index contributed by atoms with van der Waals surface area (Å²) in [6.07, 6.45) is 0. The lowest BCUT2D eigenvalue weighted by Crippen LogP contribution is -2.32. The van der Waals surface area contributed by atoms with Gasteiger partial charge in [0.15, 0.2) is 5.78 Å². The van der Waals surface area contributed by atoms with Gasteiger partial charge in [-0.25, -0.2) is 0 Å². The Morgan fingerprint density at radius 2 is 1.55 bits per heavy atom. The monoisotopic (exact) mass is 269 g/mol. The molecule has 0 unspecified atom stereocenters. The zero-order valence-electron chi connectivity index (χ0n) is 11.8. The summed E-state index contributed by atoms with van der Waals surface area (Å²) in [5.41, 5.74) is 5.74. The maximum absolute atomic E-state index is 12.2. The highest BCUT2D eigenvalue weighted by Crippen LogP contribution is 2.24. The molecule has 0 aliphatic heterocycles. The van der Waals surface area contributed by atoms with Crippen molar-refractivity contribution < 1.29 is 9.53 Å². The molecule has 0 aliphatic carbocycles. The van der Waals surface area contributed by atoms with Crippen LogP contribution < -0.4 is 10.5 Å². The van der Waals surface area contributed by atoms with Gasteiger partial charge in [0, 0.05) is 17.5 Å². The average Bonchev–Trinajstić information content (AvgIpc) is 2.48. The van der Waals surface area contributed by atoms with Crippen LogP contribution >= 0.6 is 0 Å². The number of ether oxygens (including phenoxy) is 1. The first-order chi connectivity index (χ1) is 9.53. The number of carbonyl (C=O) groups excluding carboxylic acids is 1. The zero-order valence-corrected chi connectivity index (χ0v) is 11.8. The van der Waals surface area contributed by atoms with E-state index in [1.165, 1.54) is 0 Å². The Balaban J connectivity index is 2.13. The molecule has 0 aromatic heterocycles. The summed E-state index contributed by atoms with van der Waals surface area (Å²) in [5, 5.41) is 0. The number of carbonyl (C=O) groups is 1. The topological polar surface area (TPSA) is 52.3 Å². The third-order valence-corrected chi connectivity index (χ3v) is 3.22. The van der Waals surface area contributed by atoms with Crippen molar-refractivity contribution in [2.45, 2.75) is 13.8 Å². The number of rotatable bonds is 5. The van der Waals surface area contributed by atoms with Crippen LogP contribution in [0.15, 0.2) is 54.6 Å². The van der Waals surface area contributed by atoms with Gasteiger partial charge in [-0.05, 0) is 36.4 Å². The summed E-state index contributed by atoms with van der Waals surface area (Å²) in [4.78, 5) is 12.2. The molecule has 0 bridgehead atoms. The van der Waals surface area contributed by atoms with Crippen LogP contribution in [0.25, 0.3) is 0 Å². The van der Waals surface area contributed by atoms with Crippen LogP contribution in [-0.4, -0.2) is 12.3 Å². The second kappa shape index (κ2) is 5.88. The van der Waals surface area contributed by atoms with Crippen LogP contribution in [0.2, 0.25) is 0 Å². The van der Waals surface area contributed by atoms with Gasteiger partial charge in [-0.15, -0.1) is 0 Å². The molecule has 0 amide bonds. The highest BCUT2D eigenvalue weighted by atomic mass is 16.5. The van der Waals surface area contributed by atoms with Gasteiger partial charge < -0.3 is 10.5 Å². The molecule has 104 valence electrons. The lowest BCUT2D eigenvalue weighted by Gasteiger charge is -2.20. The van der Waals surface area contributed by atoms with E-state index in [0.717, 1.165) is 5.75 Å². The van der Waals surface area contributed by atoms with Crippen LogP contribution in [0.1, 0.15) is 24.2 Å². The van der Waals surface area contributed by atoms with Crippen molar-refractivity contribution in [3.8, 4) is 11.5 Å². The van der Waals surface area contributed by atoms with E-state index in [4.69, 9.17) is 10.5 Å². The molecule has 2 aromatic rings. The van der Waals surface area contributed by atoms with Crippen LogP contribution in [-0.2, 0) is 0 Å². The van der Waals surface area contributed by atoms with E-state index in [-0.39, 0.29) is 5.78 Å². The van der Waals surface area contributed by atoms with Gasteiger partial charge in [0.25, 0.3) is 0 Å². The molecular weight excluding hydrogens is 250 g/mol. The molecule has 2 aromatic carbocycles. The maximum Gasteiger partial charge on any atom is 0.169 e. The molecule has 0 saturated heterocycles. The Bertz CT molecular complexity index is 574. The molecule has 0 heterocycles. The SMILES string of the molecule is CC(C)(CN)C(=O)c1ccc(Oc2ccccc2)cc1. The Morgan fingerprint density at radius 3 is 2.10 bits per heavy atom. The van der Waals surface area contributed by atoms with E-state index in [0.29, 0.717) is 17.9 Å². The van der Waals surface area contributed by atoms with Crippen LogP contribution in [0.4, 0.5) is 0 Å². The van der Waals surface area contributed by atoms with Crippen LogP contribution in [0.5, 0.6) is 11.5 Å². The van der Waals surface area contributed by atoms with E-state index >= 15 is 0 Å². The van der Waals surface area contributed by atoms with Crippen LogP contribution in [0, 0.1) is 5.41 Å². The summed E-state index contributed by atoms with van der Waals surface area (Å²) in [7, 11) is 0. The molecule has 2 rings (SSSR count). The third-order valence-electron chi connectivity index (χ3n) is 3.22. The number of benzene rings is 2. The number of Topliss-reactive ketones (excluding diaryl/α,β-unsaturated/α-hetero) is 1. The summed E-state index contributed by atoms with van der Waals surface area (Å²) < 4.78 is 5.69. The van der Waals surface area contributed by atoms with E-state index in [1.54, 1.807) is 24.3 Å². The standard InChI is InChI=1S/C17H19NO2/c1-17(2,12-18)16(19)13-8-10-15(11-9-13)20-14-6-4-3-5-7-14/h3-11H,12,18H2,1-2H3. The van der Waals surface area contributed by atoms with Gasteiger partial charge in [0.1, 0.15) is 11.5 Å². The fraction of sp³-hybridized carbons (Fsp3) is 0.235. The molecule has 0 aliphatic rings. The number of hydrogen-bond donors (Lipinski definition) is 1. The first-order valence-electron chi connectivity index (χ1n) is 6.61. The molecule has 20 heavy (non-hydrogen) atoms. The van der Waals surface area contributed by atoms with Crippen molar-refractivity contribution in [3.05, 3.63) is 60.2 Å². The van der Waals surface area contributed by atoms with Gasteiger partial charge in [0.05, 0.1) is 0 Å². The number of ketones is 1. The minimum atomic E-state index is -0.540. The molecule has 3 nitrogen and oxygen atoms in total. The van der Waals surface area contributed by atoms with Crippen molar-refractivity contribution in [3.63, 3.8) is 0 Å². The molecular formula is C17H19NO2. The fourth-order valence-corrected chi connectivity index (χ4v) is 1.78. The van der Waals surface area contributed by atoms with E-state index < -0.39 is 5.41 Å². The molecule has 0 radical (unpaired) electrons. The minimum absolute atomic E-state index is 0.0475. The molecule has 0 saturated carbocycles. The molecule has 0 spiro atoms. The van der Waals surface area contributed by atoms with E-state index in [2.05, 4.69) is 0 Å². The molecule has 2 N–H and O–H groups in total. The number of nitrogens with two attached hydrogens (primary N) is 1. The highest BCUT2D eigenvalue weighted by molar-refractivity contribution is 6.00. The van der Waals surface area contributed by atoms with Gasteiger partial charge in [0.2, 0.25) is 0 Å². The van der Waals surface area contributed by atoms with Crippen molar-refractivity contribution in [1.82, 2.24) is 0 Å². The van der Waals surface area contributed by atoms with Gasteiger partial charge in [-0.1, -0.05) is 32.0 Å². The predicted molar refractivity (Wildman–Crippen MR) is 80.1 cm³/mol. The Kier molecular flexibility index (Phi) is 4.20. The fourth-order valence-electron chi connectivity index (χ4n) is 1.78. The summed E-state index contributed by atoms with van der Waals surface area (Å²) in [6.45, 7) is 4.03. The second-order valence-corrected chi connectivity index (χ2v) is 5.36. The Morgan fingerprint density at radius 1 is 1.00 bits per heavy atom. The highest BCUT2D eigenvalue weighted by Gasteiger charge is 2.26. The molecule has 3 heteroatoms. The predicted octanol–water partition coefficient (Wildman–Crippen LogP) is 3.65. The second-order valence-electron chi connectivity index (χ2n) is 5.36. The van der Waals surface area contributed by atoms with Gasteiger partial charge in [-0.3, -0.25) is 4.79 Å². The van der Waals surface area contributed by atoms with Gasteiger partial charge in [-0.2, -0.15) is 0 Å². The number of para-hydroxylation sites is 1. The van der Waals surface area contributed by atoms with Crippen molar-refractivity contribution >= 4 is 5.78 Å². The van der Waals surface area contributed by atoms with E-state index in [9.17, 15) is 4.79 Å². The largest absolute Gasteiger partial charge is 0.457 e. The lowest BCUT2D eigenvalue weighted by molar-refractivity contribution is 0.0847.